The number of amides is 1. The number of carbonyl (C=O) groups is 1. The first-order valence-corrected chi connectivity index (χ1v) is 10.1. The van der Waals surface area contributed by atoms with Crippen LogP contribution in [0, 0.1) is 0 Å². The van der Waals surface area contributed by atoms with Gasteiger partial charge in [-0.1, -0.05) is 30.3 Å². The summed E-state index contributed by atoms with van der Waals surface area (Å²) in [4.78, 5) is 25.4. The fourth-order valence-corrected chi connectivity index (χ4v) is 3.54. The minimum atomic E-state index is -0.722. The normalized spacial score (nSPS) is 17.5. The minimum absolute atomic E-state index is 0.150. The Kier molecular flexibility index (Phi) is 4.74. The molecule has 1 aliphatic heterocycles. The molecule has 2 heterocycles. The van der Waals surface area contributed by atoms with Gasteiger partial charge in [0.25, 0.3) is 5.91 Å². The molecule has 3 aromatic rings. The molecule has 1 aromatic heterocycles. The van der Waals surface area contributed by atoms with Crippen LogP contribution in [0.15, 0.2) is 59.4 Å². The largest absolute Gasteiger partial charge is 0.485 e. The van der Waals surface area contributed by atoms with E-state index in [0.717, 1.165) is 24.4 Å². The summed E-state index contributed by atoms with van der Waals surface area (Å²) in [6.45, 7) is 0.710. The van der Waals surface area contributed by atoms with Crippen LogP contribution in [0.25, 0.3) is 5.69 Å². The summed E-state index contributed by atoms with van der Waals surface area (Å²) in [6.07, 6.45) is 1.36. The van der Waals surface area contributed by atoms with Crippen molar-refractivity contribution in [3.63, 3.8) is 0 Å². The van der Waals surface area contributed by atoms with Gasteiger partial charge in [-0.3, -0.25) is 4.79 Å². The molecule has 1 aliphatic carbocycles. The van der Waals surface area contributed by atoms with E-state index in [1.54, 1.807) is 16.7 Å². The zero-order valence-electron chi connectivity index (χ0n) is 16.4. The van der Waals surface area contributed by atoms with E-state index in [4.69, 9.17) is 9.47 Å². The Morgan fingerprint density at radius 1 is 1.07 bits per heavy atom. The Morgan fingerprint density at radius 2 is 1.80 bits per heavy atom. The van der Waals surface area contributed by atoms with Crippen molar-refractivity contribution >= 4 is 5.91 Å². The smallest absolute Gasteiger partial charge is 0.350 e. The molecular formula is C22H22N4O4. The maximum atomic E-state index is 12.9. The Hall–Kier alpha value is -3.55. The molecule has 8 heteroatoms. The second kappa shape index (κ2) is 7.70. The third kappa shape index (κ3) is 3.56. The molecule has 8 nitrogen and oxygen atoms in total. The van der Waals surface area contributed by atoms with Gasteiger partial charge < -0.3 is 14.8 Å². The number of benzene rings is 2. The standard InChI is InChI=1S/C22H22N4O4/c27-21(19-14-29-17-8-4-5-9-18(17)30-19)23-12-13-25-22(28)26(16-6-2-1-3-7-16)20(24-25)15-10-11-15/h1-9,15,19H,10-14H2,(H,23,27). The summed E-state index contributed by atoms with van der Waals surface area (Å²) in [5.74, 6) is 2.02. The van der Waals surface area contributed by atoms with Gasteiger partial charge in [0.15, 0.2) is 11.5 Å². The van der Waals surface area contributed by atoms with Crippen LogP contribution >= 0.6 is 0 Å². The number of nitrogens with one attached hydrogen (secondary N) is 1. The van der Waals surface area contributed by atoms with Crippen LogP contribution in [0.5, 0.6) is 11.5 Å². The highest BCUT2D eigenvalue weighted by atomic mass is 16.6. The third-order valence-electron chi connectivity index (χ3n) is 5.25. The van der Waals surface area contributed by atoms with Crippen LogP contribution in [0.4, 0.5) is 0 Å². The van der Waals surface area contributed by atoms with Crippen molar-refractivity contribution in [3.8, 4) is 17.2 Å². The molecule has 1 amide bonds. The lowest BCUT2D eigenvalue weighted by atomic mass is 10.2. The topological polar surface area (TPSA) is 87.4 Å². The average molecular weight is 406 g/mol. The number of hydrogen-bond acceptors (Lipinski definition) is 5. The first-order valence-electron chi connectivity index (χ1n) is 10.1. The van der Waals surface area contributed by atoms with Gasteiger partial charge in [0.1, 0.15) is 12.4 Å². The van der Waals surface area contributed by atoms with E-state index in [2.05, 4.69) is 10.4 Å². The number of aromatic nitrogens is 3. The molecule has 1 fully saturated rings. The zero-order chi connectivity index (χ0) is 20.5. The number of fused-ring (bicyclic) bond motifs is 1. The van der Waals surface area contributed by atoms with Crippen molar-refractivity contribution in [2.45, 2.75) is 31.4 Å². The Labute approximate surface area is 173 Å². The van der Waals surface area contributed by atoms with E-state index in [1.165, 1.54) is 4.68 Å². The molecule has 1 N–H and O–H groups in total. The van der Waals surface area contributed by atoms with E-state index < -0.39 is 6.10 Å². The maximum absolute atomic E-state index is 12.9. The fourth-order valence-electron chi connectivity index (χ4n) is 3.54. The maximum Gasteiger partial charge on any atom is 0.350 e. The predicted molar refractivity (Wildman–Crippen MR) is 109 cm³/mol. The summed E-state index contributed by atoms with van der Waals surface area (Å²) in [7, 11) is 0. The van der Waals surface area contributed by atoms with E-state index >= 15 is 0 Å². The van der Waals surface area contributed by atoms with Gasteiger partial charge in [-0.05, 0) is 37.1 Å². The molecule has 2 aliphatic rings. The van der Waals surface area contributed by atoms with Gasteiger partial charge in [0, 0.05) is 12.5 Å². The van der Waals surface area contributed by atoms with Crippen LogP contribution in [0.2, 0.25) is 0 Å². The van der Waals surface area contributed by atoms with Crippen LogP contribution < -0.4 is 20.5 Å². The second-order valence-corrected chi connectivity index (χ2v) is 7.46. The van der Waals surface area contributed by atoms with Gasteiger partial charge in [-0.2, -0.15) is 5.10 Å². The van der Waals surface area contributed by atoms with Gasteiger partial charge >= 0.3 is 5.69 Å². The number of para-hydroxylation sites is 3. The van der Waals surface area contributed by atoms with E-state index in [-0.39, 0.29) is 31.3 Å². The van der Waals surface area contributed by atoms with Crippen LogP contribution in [0.3, 0.4) is 0 Å². The number of ether oxygens (including phenoxy) is 2. The predicted octanol–water partition coefficient (Wildman–Crippen LogP) is 1.87. The van der Waals surface area contributed by atoms with Crippen LogP contribution in [-0.2, 0) is 11.3 Å². The molecule has 1 unspecified atom stereocenters. The highest BCUT2D eigenvalue weighted by molar-refractivity contribution is 5.81. The number of nitrogens with zero attached hydrogens (tertiary/aromatic N) is 3. The van der Waals surface area contributed by atoms with Crippen molar-refractivity contribution in [1.29, 1.82) is 0 Å². The van der Waals surface area contributed by atoms with Crippen molar-refractivity contribution in [2.24, 2.45) is 0 Å². The monoisotopic (exact) mass is 406 g/mol. The first kappa shape index (κ1) is 18.5. The van der Waals surface area contributed by atoms with Crippen molar-refractivity contribution in [1.82, 2.24) is 19.7 Å². The number of hydrogen-bond donors (Lipinski definition) is 1. The van der Waals surface area contributed by atoms with E-state index in [0.29, 0.717) is 17.4 Å². The van der Waals surface area contributed by atoms with Gasteiger partial charge in [-0.15, -0.1) is 0 Å². The lowest BCUT2D eigenvalue weighted by molar-refractivity contribution is -0.130. The zero-order valence-corrected chi connectivity index (χ0v) is 16.4. The SMILES string of the molecule is O=C(NCCn1nc(C2CC2)n(-c2ccccc2)c1=O)C1COc2ccccc2O1. The molecule has 0 spiro atoms. The summed E-state index contributed by atoms with van der Waals surface area (Å²) in [6, 6.07) is 16.8. The lowest BCUT2D eigenvalue weighted by Crippen LogP contribution is -2.45. The van der Waals surface area contributed by atoms with Gasteiger partial charge in [-0.25, -0.2) is 14.0 Å². The van der Waals surface area contributed by atoms with Gasteiger partial charge in [0.2, 0.25) is 6.10 Å². The molecule has 1 saturated carbocycles. The Morgan fingerprint density at radius 3 is 2.57 bits per heavy atom. The molecule has 0 saturated heterocycles. The molecule has 0 radical (unpaired) electrons. The minimum Gasteiger partial charge on any atom is -0.485 e. The summed E-state index contributed by atoms with van der Waals surface area (Å²) in [5.41, 5.74) is 0.620. The second-order valence-electron chi connectivity index (χ2n) is 7.46. The van der Waals surface area contributed by atoms with Crippen LogP contribution in [-0.4, -0.2) is 39.5 Å². The summed E-state index contributed by atoms with van der Waals surface area (Å²) in [5, 5.41) is 7.37. The molecule has 30 heavy (non-hydrogen) atoms. The van der Waals surface area contributed by atoms with E-state index in [1.807, 2.05) is 42.5 Å². The van der Waals surface area contributed by atoms with E-state index in [9.17, 15) is 9.59 Å². The molecule has 2 aromatic carbocycles. The molecular weight excluding hydrogens is 384 g/mol. The molecule has 0 bridgehead atoms. The first-order chi connectivity index (χ1) is 14.7. The average Bonchev–Trinajstić information content (AvgIpc) is 3.58. The fraction of sp³-hybridized carbons (Fsp3) is 0.318. The van der Waals surface area contributed by atoms with Crippen molar-refractivity contribution in [2.75, 3.05) is 13.2 Å². The highest BCUT2D eigenvalue weighted by Gasteiger charge is 2.31. The summed E-state index contributed by atoms with van der Waals surface area (Å²) >= 11 is 0. The lowest BCUT2D eigenvalue weighted by Gasteiger charge is -2.25. The van der Waals surface area contributed by atoms with Crippen molar-refractivity contribution < 1.29 is 14.3 Å². The van der Waals surface area contributed by atoms with Gasteiger partial charge in [0.05, 0.1) is 12.2 Å². The third-order valence-corrected chi connectivity index (χ3v) is 5.25. The van der Waals surface area contributed by atoms with Crippen LogP contribution in [0.1, 0.15) is 24.6 Å². The van der Waals surface area contributed by atoms with Crippen molar-refractivity contribution in [3.05, 3.63) is 70.9 Å². The number of rotatable bonds is 6. The highest BCUT2D eigenvalue weighted by Crippen LogP contribution is 2.39. The quantitative estimate of drug-likeness (QED) is 0.675. The summed E-state index contributed by atoms with van der Waals surface area (Å²) < 4.78 is 14.4. The molecule has 5 rings (SSSR count). The molecule has 154 valence electrons. The Bertz CT molecular complexity index is 1120. The Balaban J connectivity index is 1.25. The molecule has 1 atom stereocenters. The number of carbonyl (C=O) groups excluding carboxylic acids is 1.